The Morgan fingerprint density at radius 2 is 1.94 bits per heavy atom. The van der Waals surface area contributed by atoms with Gasteiger partial charge in [-0.2, -0.15) is 0 Å². The standard InChI is InChI=1S/C26H30FN5O2/c1-17(18-7-6-8-20(27)15-18)29-26-30-22-16-19(11-12-23(22)32(26)14-13-24(28)33)25(34)31(2)21-9-4-3-5-10-21/h6-8,11-12,15-16,21H,1,3-5,9-10,13-14H2,2H3,(H2,28,33)(H,29,30). The first kappa shape index (κ1) is 23.5. The topological polar surface area (TPSA) is 93.2 Å². The molecular weight excluding hydrogens is 433 g/mol. The van der Waals surface area contributed by atoms with Crippen molar-refractivity contribution < 1.29 is 14.0 Å². The number of nitrogens with one attached hydrogen (secondary N) is 1. The molecular formula is C26H30FN5O2. The van der Waals surface area contributed by atoms with Crippen molar-refractivity contribution in [3.8, 4) is 0 Å². The average Bonchev–Trinajstić information content (AvgIpc) is 3.18. The lowest BCUT2D eigenvalue weighted by Crippen LogP contribution is -2.38. The van der Waals surface area contributed by atoms with Crippen LogP contribution < -0.4 is 11.1 Å². The summed E-state index contributed by atoms with van der Waals surface area (Å²) in [6.45, 7) is 4.31. The Kier molecular flexibility index (Phi) is 6.95. The molecule has 3 aromatic rings. The van der Waals surface area contributed by atoms with Gasteiger partial charge in [0, 0.05) is 42.9 Å². The number of imidazole rings is 1. The lowest BCUT2D eigenvalue weighted by Gasteiger charge is -2.31. The molecule has 2 amide bonds. The molecule has 1 aliphatic carbocycles. The van der Waals surface area contributed by atoms with Gasteiger partial charge in [0.1, 0.15) is 5.82 Å². The fourth-order valence-corrected chi connectivity index (χ4v) is 4.53. The number of carbonyl (C=O) groups excluding carboxylic acids is 2. The molecule has 0 aliphatic heterocycles. The molecule has 7 nitrogen and oxygen atoms in total. The first-order valence-electron chi connectivity index (χ1n) is 11.6. The van der Waals surface area contributed by atoms with Gasteiger partial charge in [-0.1, -0.05) is 38.0 Å². The van der Waals surface area contributed by atoms with Gasteiger partial charge in [0.05, 0.1) is 11.0 Å². The van der Waals surface area contributed by atoms with Crippen molar-refractivity contribution in [1.82, 2.24) is 14.5 Å². The molecule has 178 valence electrons. The van der Waals surface area contributed by atoms with E-state index in [0.717, 1.165) is 31.2 Å². The Hall–Kier alpha value is -3.68. The minimum atomic E-state index is -0.433. The van der Waals surface area contributed by atoms with Crippen LogP contribution in [0.1, 0.15) is 54.4 Å². The number of nitrogens with zero attached hydrogens (tertiary/aromatic N) is 3. The molecule has 0 unspecified atom stereocenters. The number of amides is 2. The number of fused-ring (bicyclic) bond motifs is 1. The Morgan fingerprint density at radius 3 is 2.65 bits per heavy atom. The highest BCUT2D eigenvalue weighted by Gasteiger charge is 2.24. The Labute approximate surface area is 198 Å². The first-order chi connectivity index (χ1) is 16.3. The van der Waals surface area contributed by atoms with Crippen LogP contribution in [0.3, 0.4) is 0 Å². The highest BCUT2D eigenvalue weighted by Crippen LogP contribution is 2.27. The molecule has 0 bridgehead atoms. The molecule has 0 atom stereocenters. The maximum absolute atomic E-state index is 13.7. The summed E-state index contributed by atoms with van der Waals surface area (Å²) in [4.78, 5) is 31.1. The molecule has 0 saturated heterocycles. The summed E-state index contributed by atoms with van der Waals surface area (Å²) in [5.74, 6) is -0.388. The second-order valence-electron chi connectivity index (χ2n) is 8.83. The summed E-state index contributed by atoms with van der Waals surface area (Å²) < 4.78 is 15.5. The van der Waals surface area contributed by atoms with Crippen molar-refractivity contribution in [2.24, 2.45) is 5.73 Å². The van der Waals surface area contributed by atoms with Gasteiger partial charge in [-0.3, -0.25) is 9.59 Å². The summed E-state index contributed by atoms with van der Waals surface area (Å²) in [6, 6.07) is 11.7. The monoisotopic (exact) mass is 463 g/mol. The van der Waals surface area contributed by atoms with Crippen molar-refractivity contribution in [3.63, 3.8) is 0 Å². The minimum absolute atomic E-state index is 0.0286. The van der Waals surface area contributed by atoms with E-state index < -0.39 is 5.91 Å². The third kappa shape index (κ3) is 5.11. The zero-order valence-electron chi connectivity index (χ0n) is 19.4. The Morgan fingerprint density at radius 1 is 1.18 bits per heavy atom. The average molecular weight is 464 g/mol. The van der Waals surface area contributed by atoms with Gasteiger partial charge in [-0.15, -0.1) is 0 Å². The van der Waals surface area contributed by atoms with Gasteiger partial charge < -0.3 is 20.5 Å². The summed E-state index contributed by atoms with van der Waals surface area (Å²) in [7, 11) is 1.87. The van der Waals surface area contributed by atoms with Crippen molar-refractivity contribution in [2.75, 3.05) is 12.4 Å². The molecule has 34 heavy (non-hydrogen) atoms. The van der Waals surface area contributed by atoms with Crippen LogP contribution in [0.4, 0.5) is 10.3 Å². The van der Waals surface area contributed by atoms with Crippen LogP contribution in [0.2, 0.25) is 0 Å². The largest absolute Gasteiger partial charge is 0.370 e. The number of halogens is 1. The van der Waals surface area contributed by atoms with Gasteiger partial charge in [-0.25, -0.2) is 9.37 Å². The summed E-state index contributed by atoms with van der Waals surface area (Å²) in [6.07, 6.45) is 5.71. The lowest BCUT2D eigenvalue weighted by atomic mass is 9.94. The van der Waals surface area contributed by atoms with E-state index in [0.29, 0.717) is 34.8 Å². The maximum Gasteiger partial charge on any atom is 0.253 e. The minimum Gasteiger partial charge on any atom is -0.370 e. The van der Waals surface area contributed by atoms with Crippen LogP contribution in [0, 0.1) is 5.82 Å². The van der Waals surface area contributed by atoms with E-state index in [1.165, 1.54) is 18.6 Å². The van der Waals surface area contributed by atoms with Crippen LogP contribution in [0.15, 0.2) is 49.0 Å². The van der Waals surface area contributed by atoms with Crippen LogP contribution in [0.25, 0.3) is 16.7 Å². The highest BCUT2D eigenvalue weighted by molar-refractivity contribution is 5.98. The van der Waals surface area contributed by atoms with Gasteiger partial charge in [-0.05, 0) is 43.2 Å². The predicted molar refractivity (Wildman–Crippen MR) is 132 cm³/mol. The number of aryl methyl sites for hydroxylation is 1. The van der Waals surface area contributed by atoms with E-state index in [2.05, 4.69) is 16.9 Å². The molecule has 0 spiro atoms. The third-order valence-electron chi connectivity index (χ3n) is 6.46. The smallest absolute Gasteiger partial charge is 0.253 e. The van der Waals surface area contributed by atoms with Crippen LogP contribution >= 0.6 is 0 Å². The predicted octanol–water partition coefficient (Wildman–Crippen LogP) is 4.54. The molecule has 1 fully saturated rings. The molecule has 1 aromatic heterocycles. The zero-order valence-corrected chi connectivity index (χ0v) is 19.4. The number of nitrogens with two attached hydrogens (primary N) is 1. The SMILES string of the molecule is C=C(Nc1nc2cc(C(=O)N(C)C3CCCCC3)ccc2n1CCC(N)=O)c1cccc(F)c1. The molecule has 4 rings (SSSR count). The summed E-state index contributed by atoms with van der Waals surface area (Å²) in [5.41, 5.74) is 8.36. The fourth-order valence-electron chi connectivity index (χ4n) is 4.53. The molecule has 8 heteroatoms. The van der Waals surface area contributed by atoms with Gasteiger partial charge in [0.25, 0.3) is 5.91 Å². The Balaban J connectivity index is 1.64. The van der Waals surface area contributed by atoms with E-state index in [1.807, 2.05) is 22.6 Å². The van der Waals surface area contributed by atoms with E-state index in [-0.39, 0.29) is 24.2 Å². The zero-order chi connectivity index (χ0) is 24.2. The molecule has 3 N–H and O–H groups in total. The molecule has 0 radical (unpaired) electrons. The maximum atomic E-state index is 13.7. The molecule has 2 aromatic carbocycles. The molecule has 1 aliphatic rings. The van der Waals surface area contributed by atoms with E-state index in [4.69, 9.17) is 5.73 Å². The van der Waals surface area contributed by atoms with Crippen LogP contribution in [-0.2, 0) is 11.3 Å². The summed E-state index contributed by atoms with van der Waals surface area (Å²) >= 11 is 0. The van der Waals surface area contributed by atoms with Crippen LogP contribution in [-0.4, -0.2) is 39.4 Å². The number of benzene rings is 2. The Bertz CT molecular complexity index is 1230. The van der Waals surface area contributed by atoms with Crippen LogP contribution in [0.5, 0.6) is 0 Å². The van der Waals surface area contributed by atoms with Crippen molar-refractivity contribution in [1.29, 1.82) is 0 Å². The first-order valence-corrected chi connectivity index (χ1v) is 11.6. The lowest BCUT2D eigenvalue weighted by molar-refractivity contribution is -0.118. The van der Waals surface area contributed by atoms with Gasteiger partial charge in [0.2, 0.25) is 11.9 Å². The number of hydrogen-bond donors (Lipinski definition) is 2. The van der Waals surface area contributed by atoms with Crippen molar-refractivity contribution in [2.45, 2.75) is 51.1 Å². The van der Waals surface area contributed by atoms with E-state index in [1.54, 1.807) is 24.3 Å². The number of carbonyl (C=O) groups is 2. The highest BCUT2D eigenvalue weighted by atomic mass is 19.1. The number of hydrogen-bond acceptors (Lipinski definition) is 4. The fraction of sp³-hybridized carbons (Fsp3) is 0.346. The van der Waals surface area contributed by atoms with Gasteiger partial charge >= 0.3 is 0 Å². The number of rotatable bonds is 8. The second kappa shape index (κ2) is 10.1. The normalized spacial score (nSPS) is 14.2. The van der Waals surface area contributed by atoms with E-state index >= 15 is 0 Å². The van der Waals surface area contributed by atoms with Crippen molar-refractivity contribution in [3.05, 3.63) is 66.0 Å². The third-order valence-corrected chi connectivity index (χ3v) is 6.46. The number of anilines is 1. The molecule has 1 saturated carbocycles. The van der Waals surface area contributed by atoms with E-state index in [9.17, 15) is 14.0 Å². The van der Waals surface area contributed by atoms with Gasteiger partial charge in [0.15, 0.2) is 0 Å². The summed E-state index contributed by atoms with van der Waals surface area (Å²) in [5, 5.41) is 3.13. The molecule has 1 heterocycles. The quantitative estimate of drug-likeness (QED) is 0.513. The second-order valence-corrected chi connectivity index (χ2v) is 8.83. The number of aromatic nitrogens is 2. The number of primary amides is 1. The van der Waals surface area contributed by atoms with Crippen molar-refractivity contribution >= 4 is 34.5 Å².